The molecule has 8 nitrogen and oxygen atoms in total. The van der Waals surface area contributed by atoms with Crippen LogP contribution in [0.4, 0.5) is 5.69 Å². The second kappa shape index (κ2) is 8.04. The van der Waals surface area contributed by atoms with Crippen LogP contribution in [0.5, 0.6) is 0 Å². The molecule has 2 heterocycles. The van der Waals surface area contributed by atoms with E-state index in [1.807, 2.05) is 11.8 Å². The number of carbonyl (C=O) groups excluding carboxylic acids is 2. The number of hydrogen-bond donors (Lipinski definition) is 1. The number of nitrogens with zero attached hydrogens (tertiary/aromatic N) is 2. The van der Waals surface area contributed by atoms with Gasteiger partial charge in [-0.3, -0.25) is 9.59 Å². The van der Waals surface area contributed by atoms with Crippen LogP contribution in [-0.4, -0.2) is 64.0 Å². The molecule has 0 radical (unpaired) electrons. The number of fused-ring (bicyclic) bond motifs is 1. The number of amides is 2. The first-order chi connectivity index (χ1) is 13.9. The molecule has 2 aliphatic heterocycles. The maximum Gasteiger partial charge on any atom is 0.240 e. The molecule has 3 aliphatic rings. The van der Waals surface area contributed by atoms with E-state index in [0.717, 1.165) is 24.1 Å². The molecule has 9 heteroatoms. The van der Waals surface area contributed by atoms with Crippen molar-refractivity contribution in [2.24, 2.45) is 5.92 Å². The predicted molar refractivity (Wildman–Crippen MR) is 107 cm³/mol. The van der Waals surface area contributed by atoms with E-state index in [0.29, 0.717) is 32.7 Å². The highest BCUT2D eigenvalue weighted by Crippen LogP contribution is 2.39. The zero-order valence-corrected chi connectivity index (χ0v) is 17.4. The maximum atomic E-state index is 12.7. The van der Waals surface area contributed by atoms with Crippen LogP contribution >= 0.6 is 0 Å². The summed E-state index contributed by atoms with van der Waals surface area (Å²) in [6.45, 7) is 4.17. The van der Waals surface area contributed by atoms with E-state index in [9.17, 15) is 18.0 Å². The summed E-state index contributed by atoms with van der Waals surface area (Å²) in [6.07, 6.45) is 2.64. The van der Waals surface area contributed by atoms with Gasteiger partial charge in [-0.25, -0.2) is 13.1 Å². The van der Waals surface area contributed by atoms with Crippen molar-refractivity contribution in [1.82, 2.24) is 9.62 Å². The van der Waals surface area contributed by atoms with Gasteiger partial charge in [0, 0.05) is 43.7 Å². The number of rotatable bonds is 6. The second-order valence-electron chi connectivity index (χ2n) is 7.97. The molecular weight excluding hydrogens is 394 g/mol. The van der Waals surface area contributed by atoms with Gasteiger partial charge < -0.3 is 14.5 Å². The third kappa shape index (κ3) is 4.31. The number of sulfonamides is 1. The van der Waals surface area contributed by atoms with Crippen molar-refractivity contribution in [3.63, 3.8) is 0 Å². The van der Waals surface area contributed by atoms with Crippen molar-refractivity contribution < 1.29 is 22.7 Å². The van der Waals surface area contributed by atoms with Crippen molar-refractivity contribution in [3.05, 3.63) is 23.8 Å². The van der Waals surface area contributed by atoms with Gasteiger partial charge in [0.1, 0.15) is 0 Å². The summed E-state index contributed by atoms with van der Waals surface area (Å²) in [4.78, 5) is 28.4. The predicted octanol–water partition coefficient (Wildman–Crippen LogP) is 0.901. The van der Waals surface area contributed by atoms with Crippen LogP contribution in [0, 0.1) is 5.92 Å². The number of hydrogen-bond acceptors (Lipinski definition) is 5. The molecule has 1 N–H and O–H groups in total. The first-order valence-corrected chi connectivity index (χ1v) is 11.7. The molecule has 0 spiro atoms. The minimum Gasteiger partial charge on any atom is -0.378 e. The highest BCUT2D eigenvalue weighted by atomic mass is 32.2. The summed E-state index contributed by atoms with van der Waals surface area (Å²) >= 11 is 0. The third-order valence-corrected chi connectivity index (χ3v) is 7.19. The summed E-state index contributed by atoms with van der Waals surface area (Å²) < 4.78 is 33.1. The van der Waals surface area contributed by atoms with Crippen LogP contribution in [0.15, 0.2) is 23.1 Å². The molecule has 0 bridgehead atoms. The molecule has 1 aromatic carbocycles. The average molecular weight is 422 g/mol. The number of morpholine rings is 1. The second-order valence-corrected chi connectivity index (χ2v) is 9.73. The third-order valence-electron chi connectivity index (χ3n) is 5.74. The lowest BCUT2D eigenvalue weighted by molar-refractivity contribution is -0.135. The number of carbonyl (C=O) groups is 2. The van der Waals surface area contributed by atoms with Gasteiger partial charge in [0.05, 0.1) is 18.1 Å². The van der Waals surface area contributed by atoms with Gasteiger partial charge in [-0.1, -0.05) is 0 Å². The van der Waals surface area contributed by atoms with Crippen LogP contribution in [0.1, 0.15) is 31.7 Å². The van der Waals surface area contributed by atoms with Gasteiger partial charge in [0.25, 0.3) is 0 Å². The van der Waals surface area contributed by atoms with E-state index in [1.54, 1.807) is 17.0 Å². The van der Waals surface area contributed by atoms with Crippen molar-refractivity contribution in [2.45, 2.75) is 43.5 Å². The summed E-state index contributed by atoms with van der Waals surface area (Å²) in [5.74, 6) is 0.192. The molecule has 158 valence electrons. The number of nitrogens with one attached hydrogen (secondary N) is 1. The number of anilines is 1. The fraction of sp³-hybridized carbons (Fsp3) is 0.600. The summed E-state index contributed by atoms with van der Waals surface area (Å²) in [5, 5.41) is 0. The Morgan fingerprint density at radius 3 is 2.62 bits per heavy atom. The Morgan fingerprint density at radius 1 is 1.21 bits per heavy atom. The maximum absolute atomic E-state index is 12.7. The molecule has 1 aliphatic carbocycles. The van der Waals surface area contributed by atoms with E-state index < -0.39 is 10.0 Å². The quantitative estimate of drug-likeness (QED) is 0.736. The minimum absolute atomic E-state index is 0.0372. The van der Waals surface area contributed by atoms with E-state index in [4.69, 9.17) is 4.74 Å². The Bertz CT molecular complexity index is 907. The van der Waals surface area contributed by atoms with E-state index in [1.165, 1.54) is 6.07 Å². The van der Waals surface area contributed by atoms with Crippen molar-refractivity contribution >= 4 is 27.5 Å². The molecule has 0 unspecified atom stereocenters. The van der Waals surface area contributed by atoms with Crippen molar-refractivity contribution in [2.75, 3.05) is 37.7 Å². The monoisotopic (exact) mass is 421 g/mol. The smallest absolute Gasteiger partial charge is 0.240 e. The van der Waals surface area contributed by atoms with Gasteiger partial charge in [0.2, 0.25) is 21.8 Å². The SMILES string of the molecule is C[C@H]1Cc2cc(S(=O)(=O)NCCC(=O)N3CCOCC3)ccc2N1C(=O)C1CC1. The van der Waals surface area contributed by atoms with Gasteiger partial charge >= 0.3 is 0 Å². The Morgan fingerprint density at radius 2 is 1.93 bits per heavy atom. The van der Waals surface area contributed by atoms with Gasteiger partial charge in [-0.15, -0.1) is 0 Å². The summed E-state index contributed by atoms with van der Waals surface area (Å²) in [5.41, 5.74) is 1.69. The standard InChI is InChI=1S/C20H27N3O5S/c1-14-12-16-13-17(4-5-18(16)23(14)20(25)15-2-3-15)29(26,27)21-7-6-19(24)22-8-10-28-11-9-22/h4-5,13-15,21H,2-3,6-12H2,1H3/t14-/m0/s1. The Labute approximate surface area is 171 Å². The fourth-order valence-electron chi connectivity index (χ4n) is 3.98. The molecule has 1 aromatic rings. The Hall–Kier alpha value is -1.97. The lowest BCUT2D eigenvalue weighted by Crippen LogP contribution is -2.42. The molecule has 2 fully saturated rings. The largest absolute Gasteiger partial charge is 0.378 e. The van der Waals surface area contributed by atoms with Crippen molar-refractivity contribution in [1.29, 1.82) is 0 Å². The lowest BCUT2D eigenvalue weighted by Gasteiger charge is -2.26. The molecule has 2 amide bonds. The summed E-state index contributed by atoms with van der Waals surface area (Å²) in [7, 11) is -3.72. The fourth-order valence-corrected chi connectivity index (χ4v) is 5.07. The zero-order valence-electron chi connectivity index (χ0n) is 16.6. The Kier molecular flexibility index (Phi) is 5.63. The Balaban J connectivity index is 1.39. The topological polar surface area (TPSA) is 96.0 Å². The number of ether oxygens (including phenoxy) is 1. The highest BCUT2D eigenvalue weighted by molar-refractivity contribution is 7.89. The van der Waals surface area contributed by atoms with E-state index in [-0.39, 0.29) is 41.6 Å². The van der Waals surface area contributed by atoms with Gasteiger partial charge in [-0.2, -0.15) is 0 Å². The molecule has 1 saturated heterocycles. The van der Waals surface area contributed by atoms with Crippen LogP contribution < -0.4 is 9.62 Å². The van der Waals surface area contributed by atoms with Gasteiger partial charge in [-0.05, 0) is 49.9 Å². The first kappa shape index (κ1) is 20.3. The molecule has 1 saturated carbocycles. The molecule has 29 heavy (non-hydrogen) atoms. The van der Waals surface area contributed by atoms with Gasteiger partial charge in [0.15, 0.2) is 0 Å². The zero-order chi connectivity index (χ0) is 20.6. The van der Waals surface area contributed by atoms with Crippen LogP contribution in [-0.2, 0) is 30.8 Å². The highest BCUT2D eigenvalue weighted by Gasteiger charge is 2.39. The number of benzene rings is 1. The first-order valence-electron chi connectivity index (χ1n) is 10.2. The van der Waals surface area contributed by atoms with E-state index in [2.05, 4.69) is 4.72 Å². The average Bonchev–Trinajstić information content (AvgIpc) is 3.50. The summed E-state index contributed by atoms with van der Waals surface area (Å²) in [6, 6.07) is 4.95. The minimum atomic E-state index is -3.72. The van der Waals surface area contributed by atoms with Crippen LogP contribution in [0.3, 0.4) is 0 Å². The molecule has 1 atom stereocenters. The normalized spacial score (nSPS) is 21.9. The molecule has 0 aromatic heterocycles. The lowest BCUT2D eigenvalue weighted by atomic mass is 10.1. The van der Waals surface area contributed by atoms with Crippen LogP contribution in [0.25, 0.3) is 0 Å². The van der Waals surface area contributed by atoms with Crippen molar-refractivity contribution in [3.8, 4) is 0 Å². The van der Waals surface area contributed by atoms with Crippen LogP contribution in [0.2, 0.25) is 0 Å². The molecular formula is C20H27N3O5S. The van der Waals surface area contributed by atoms with E-state index >= 15 is 0 Å². The molecule has 4 rings (SSSR count).